The Morgan fingerprint density at radius 1 is 1.03 bits per heavy atom. The van der Waals surface area contributed by atoms with Crippen molar-refractivity contribution in [3.8, 4) is 17.2 Å². The highest BCUT2D eigenvalue weighted by Gasteiger charge is 2.50. The average molecular weight is 948 g/mol. The van der Waals surface area contributed by atoms with Crippen molar-refractivity contribution in [3.63, 3.8) is 0 Å². The van der Waals surface area contributed by atoms with Crippen molar-refractivity contribution in [3.05, 3.63) is 100.0 Å². The molecule has 0 unspecified atom stereocenters. The lowest BCUT2D eigenvalue weighted by Crippen LogP contribution is -2.54. The minimum atomic E-state index is -4.60. The summed E-state index contributed by atoms with van der Waals surface area (Å²) < 4.78 is 57.7. The summed E-state index contributed by atoms with van der Waals surface area (Å²) in [5.41, 5.74) is 4.23. The first-order valence-corrected chi connectivity index (χ1v) is 25.9. The van der Waals surface area contributed by atoms with Crippen LogP contribution in [0.1, 0.15) is 131 Å². The minimum Gasteiger partial charge on any atom is -0.489 e. The molecule has 14 nitrogen and oxygen atoms in total. The SMILES string of the molecule is CCc1nc2[nH]cc(F)c2cc1Oc1cc(N2CCC3(CC2)CC(N2CCC[C@H]2c2ccccc2C(C)C)C3)ccc1C(=O)NS(=O)(=O)c1cc(N=O)c2c(c1)OC[C@H]([C@H]1CC[C@](C)(O)CC1)N2. The first kappa shape index (κ1) is 46.2. The van der Waals surface area contributed by atoms with Gasteiger partial charge in [0.25, 0.3) is 15.9 Å². The lowest BCUT2D eigenvalue weighted by Gasteiger charge is -2.56. The van der Waals surface area contributed by atoms with Gasteiger partial charge in [-0.25, -0.2) is 22.5 Å². The van der Waals surface area contributed by atoms with Crippen LogP contribution in [-0.2, 0) is 16.4 Å². The number of ether oxygens (including phenoxy) is 2. The number of benzene rings is 3. The van der Waals surface area contributed by atoms with Gasteiger partial charge < -0.3 is 29.8 Å². The van der Waals surface area contributed by atoms with Gasteiger partial charge in [0.2, 0.25) is 0 Å². The number of likely N-dealkylation sites (tertiary alicyclic amines) is 1. The number of hydrogen-bond acceptors (Lipinski definition) is 12. The van der Waals surface area contributed by atoms with Crippen LogP contribution in [0.4, 0.5) is 21.5 Å². The fourth-order valence-corrected chi connectivity index (χ4v) is 12.8. The topological polar surface area (TPSA) is 179 Å². The molecule has 0 bridgehead atoms. The van der Waals surface area contributed by atoms with Crippen molar-refractivity contribution in [2.45, 2.75) is 133 Å². The number of nitrogens with zero attached hydrogens (tertiary/aromatic N) is 4. The van der Waals surface area contributed by atoms with Gasteiger partial charge in [-0.15, -0.1) is 4.91 Å². The molecule has 1 amide bonds. The smallest absolute Gasteiger partial charge is 0.268 e. The van der Waals surface area contributed by atoms with Crippen LogP contribution < -0.4 is 24.4 Å². The van der Waals surface area contributed by atoms with E-state index in [0.29, 0.717) is 48.6 Å². The number of aromatic amines is 1. The third kappa shape index (κ3) is 8.83. The van der Waals surface area contributed by atoms with Crippen molar-refractivity contribution in [2.75, 3.05) is 36.5 Å². The van der Waals surface area contributed by atoms with Crippen LogP contribution in [0.2, 0.25) is 0 Å². The van der Waals surface area contributed by atoms with Crippen LogP contribution in [0, 0.1) is 22.1 Å². The number of rotatable bonds is 12. The van der Waals surface area contributed by atoms with Gasteiger partial charge >= 0.3 is 0 Å². The van der Waals surface area contributed by atoms with Crippen LogP contribution in [0.5, 0.6) is 17.2 Å². The number of carbonyl (C=O) groups is 1. The molecule has 2 atom stereocenters. The summed E-state index contributed by atoms with van der Waals surface area (Å²) in [6, 6.07) is 18.9. The number of anilines is 2. The Balaban J connectivity index is 0.875. The molecule has 1 spiro atoms. The van der Waals surface area contributed by atoms with E-state index in [4.69, 9.17) is 9.47 Å². The number of piperidine rings is 1. The number of nitrogens with one attached hydrogen (secondary N) is 3. The summed E-state index contributed by atoms with van der Waals surface area (Å²) in [5.74, 6) is -0.373. The molecular weight excluding hydrogens is 886 g/mol. The fraction of sp³-hybridized carbons (Fsp3) is 0.500. The maximum atomic E-state index is 14.9. The monoisotopic (exact) mass is 947 g/mol. The number of H-pyrrole nitrogens is 1. The van der Waals surface area contributed by atoms with E-state index in [1.807, 2.05) is 19.9 Å². The van der Waals surface area contributed by atoms with E-state index in [1.54, 1.807) is 18.2 Å². The zero-order chi connectivity index (χ0) is 47.5. The lowest BCUT2D eigenvalue weighted by atomic mass is 9.59. The van der Waals surface area contributed by atoms with E-state index in [1.165, 1.54) is 49.1 Å². The van der Waals surface area contributed by atoms with Gasteiger partial charge in [-0.2, -0.15) is 0 Å². The average Bonchev–Trinajstić information content (AvgIpc) is 3.96. The van der Waals surface area contributed by atoms with Gasteiger partial charge in [0, 0.05) is 49.2 Å². The third-order valence-corrected chi connectivity index (χ3v) is 17.1. The molecule has 5 heterocycles. The summed E-state index contributed by atoms with van der Waals surface area (Å²) in [4.78, 5) is 38.6. The highest BCUT2D eigenvalue weighted by Crippen LogP contribution is 2.54. The maximum Gasteiger partial charge on any atom is 0.268 e. The number of carbonyl (C=O) groups excluding carboxylic acids is 1. The quantitative estimate of drug-likeness (QED) is 0.0875. The van der Waals surface area contributed by atoms with E-state index < -0.39 is 27.3 Å². The van der Waals surface area contributed by atoms with Crippen LogP contribution in [0.25, 0.3) is 11.0 Å². The number of amides is 1. The maximum absolute atomic E-state index is 14.9. The molecular formula is C52H62FN7O7S. The molecule has 0 radical (unpaired) electrons. The molecule has 2 saturated carbocycles. The Morgan fingerprint density at radius 3 is 2.53 bits per heavy atom. The summed E-state index contributed by atoms with van der Waals surface area (Å²) in [7, 11) is -4.60. The molecule has 4 N–H and O–H groups in total. The molecule has 10 rings (SSSR count). The first-order chi connectivity index (χ1) is 32.6. The number of aromatic nitrogens is 2. The second-order valence-corrected chi connectivity index (χ2v) is 22.3. The highest BCUT2D eigenvalue weighted by molar-refractivity contribution is 7.90. The summed E-state index contributed by atoms with van der Waals surface area (Å²) in [6.07, 6.45) is 11.3. The van der Waals surface area contributed by atoms with Crippen molar-refractivity contribution in [2.24, 2.45) is 16.5 Å². The van der Waals surface area contributed by atoms with E-state index >= 15 is 0 Å². The molecule has 4 fully saturated rings. The number of nitroso groups, excluding NO2 is 1. The van der Waals surface area contributed by atoms with Crippen molar-refractivity contribution < 1.29 is 32.2 Å². The van der Waals surface area contributed by atoms with Crippen LogP contribution in [0.15, 0.2) is 76.9 Å². The van der Waals surface area contributed by atoms with Gasteiger partial charge in [0.15, 0.2) is 0 Å². The molecule has 3 aromatic carbocycles. The summed E-state index contributed by atoms with van der Waals surface area (Å²) >= 11 is 0. The Bertz CT molecular complexity index is 2840. The van der Waals surface area contributed by atoms with E-state index in [0.717, 1.165) is 57.1 Å². The third-order valence-electron chi connectivity index (χ3n) is 15.8. The molecule has 5 aromatic rings. The second-order valence-electron chi connectivity index (χ2n) is 20.6. The fourth-order valence-electron chi connectivity index (χ4n) is 11.8. The number of aryl methyl sites for hydroxylation is 1. The van der Waals surface area contributed by atoms with Gasteiger partial charge in [0.1, 0.15) is 46.7 Å². The molecule has 16 heteroatoms. The van der Waals surface area contributed by atoms with Crippen LogP contribution >= 0.6 is 0 Å². The molecule has 3 aliphatic heterocycles. The highest BCUT2D eigenvalue weighted by atomic mass is 32.2. The Labute approximate surface area is 397 Å². The zero-order valence-corrected chi connectivity index (χ0v) is 40.1. The molecule has 68 heavy (non-hydrogen) atoms. The summed E-state index contributed by atoms with van der Waals surface area (Å²) in [5, 5.41) is 17.2. The summed E-state index contributed by atoms with van der Waals surface area (Å²) in [6.45, 7) is 11.3. The predicted octanol–water partition coefficient (Wildman–Crippen LogP) is 10.4. The number of pyridine rings is 1. The second kappa shape index (κ2) is 18.1. The Hall–Kier alpha value is -5.58. The van der Waals surface area contributed by atoms with Crippen molar-refractivity contribution in [1.29, 1.82) is 0 Å². The van der Waals surface area contributed by atoms with Crippen molar-refractivity contribution >= 4 is 44.0 Å². The number of hydrogen-bond donors (Lipinski definition) is 4. The van der Waals surface area contributed by atoms with Gasteiger partial charge in [-0.1, -0.05) is 45.0 Å². The molecule has 2 saturated heterocycles. The molecule has 2 aromatic heterocycles. The van der Waals surface area contributed by atoms with Crippen LogP contribution in [0.3, 0.4) is 0 Å². The Morgan fingerprint density at radius 2 is 1.79 bits per heavy atom. The van der Waals surface area contributed by atoms with E-state index in [-0.39, 0.29) is 68.5 Å². The largest absolute Gasteiger partial charge is 0.489 e. The zero-order valence-electron chi connectivity index (χ0n) is 39.3. The predicted molar refractivity (Wildman–Crippen MR) is 260 cm³/mol. The van der Waals surface area contributed by atoms with Gasteiger partial charge in [-0.3, -0.25) is 9.69 Å². The standard InChI is InChI=1S/C52H62FN7O7S/c1-5-41-46(26-39-40(53)29-54-49(39)56-41)67-45-23-33(59-21-18-52(19-22-59)27-34(28-52)60-20-8-11-44(60)37-10-7-6-9-36(37)31(2)3)12-13-38(45)50(61)58-68(64,65)35-24-42(57-63)48-47(25-35)66-30-43(55-48)32-14-16-51(4,62)17-15-32/h6-7,9-10,12-13,23-26,29,31-32,34,43-44,55,62H,5,8,11,14-22,27-28,30H2,1-4H3,(H,54,56)(H,58,61)/t32-,43-,44+,51-/m1/s1. The number of aliphatic hydroxyl groups is 1. The van der Waals surface area contributed by atoms with E-state index in [2.05, 4.69) is 73.1 Å². The molecule has 360 valence electrons. The number of halogens is 1. The lowest BCUT2D eigenvalue weighted by molar-refractivity contribution is -0.0227. The molecule has 5 aliphatic rings. The molecule has 2 aliphatic carbocycles. The number of fused-ring (bicyclic) bond motifs is 2. The van der Waals surface area contributed by atoms with Crippen molar-refractivity contribution in [1.82, 2.24) is 19.6 Å². The van der Waals surface area contributed by atoms with Gasteiger partial charge in [-0.05, 0) is 142 Å². The van der Waals surface area contributed by atoms with Crippen LogP contribution in [-0.4, -0.2) is 78.2 Å². The number of sulfonamides is 1. The minimum absolute atomic E-state index is 0.0672. The normalized spacial score (nSPS) is 24.0. The van der Waals surface area contributed by atoms with Gasteiger partial charge in [0.05, 0.1) is 33.2 Å². The van der Waals surface area contributed by atoms with E-state index in [9.17, 15) is 27.6 Å². The Kier molecular flexibility index (Phi) is 12.3. The first-order valence-electron chi connectivity index (χ1n) is 24.4.